The van der Waals surface area contributed by atoms with Crippen LogP contribution in [-0.2, 0) is 11.3 Å². The third kappa shape index (κ3) is 4.71. The number of methoxy groups -OCH3 is 1. The van der Waals surface area contributed by atoms with Gasteiger partial charge in [0.15, 0.2) is 16.1 Å². The van der Waals surface area contributed by atoms with Gasteiger partial charge >= 0.3 is 5.69 Å². The summed E-state index contributed by atoms with van der Waals surface area (Å²) < 4.78 is 12.0. The Morgan fingerprint density at radius 1 is 1.23 bits per heavy atom. The Hall–Kier alpha value is -3.11. The number of nitrogens with one attached hydrogen (secondary N) is 1. The summed E-state index contributed by atoms with van der Waals surface area (Å²) in [5.41, 5.74) is 5.53. The lowest BCUT2D eigenvalue weighted by atomic mass is 10.2. The minimum Gasteiger partial charge on any atom is -0.444 e. The lowest BCUT2D eigenvalue weighted by Gasteiger charge is -2.23. The maximum absolute atomic E-state index is 13.1. The summed E-state index contributed by atoms with van der Waals surface area (Å²) in [6, 6.07) is 12.2. The summed E-state index contributed by atoms with van der Waals surface area (Å²) >= 11 is 3.16. The van der Waals surface area contributed by atoms with Crippen molar-refractivity contribution in [3.8, 4) is 0 Å². The molecule has 0 atom stereocenters. The molecule has 0 spiro atoms. The maximum Gasteiger partial charge on any atom is 0.330 e. The molecule has 0 bridgehead atoms. The monoisotopic (exact) mass is 476 g/mol. The van der Waals surface area contributed by atoms with E-state index in [-0.39, 0.29) is 30.4 Å². The van der Waals surface area contributed by atoms with Gasteiger partial charge in [0.05, 0.1) is 6.54 Å². The zero-order chi connectivity index (χ0) is 21.7. The molecule has 2 heterocycles. The minimum absolute atomic E-state index is 0.0268. The van der Waals surface area contributed by atoms with Crippen LogP contribution in [0.1, 0.15) is 22.5 Å². The zero-order valence-corrected chi connectivity index (χ0v) is 17.8. The first-order chi connectivity index (χ1) is 14.4. The van der Waals surface area contributed by atoms with Crippen molar-refractivity contribution in [2.75, 3.05) is 30.9 Å². The highest BCUT2D eigenvalue weighted by molar-refractivity contribution is 9.10. The largest absolute Gasteiger partial charge is 0.444 e. The molecule has 0 fully saturated rings. The van der Waals surface area contributed by atoms with Crippen LogP contribution in [0.4, 0.5) is 11.5 Å². The number of nitrogens with zero attached hydrogens (tertiary/aromatic N) is 2. The molecule has 0 aliphatic heterocycles. The number of carbonyl (C=O) groups excluding carboxylic acids is 1. The van der Waals surface area contributed by atoms with Gasteiger partial charge in [-0.1, -0.05) is 30.3 Å². The van der Waals surface area contributed by atoms with Gasteiger partial charge in [0, 0.05) is 20.3 Å². The number of hydrogen-bond acceptors (Lipinski definition) is 6. The molecular weight excluding hydrogens is 456 g/mol. The van der Waals surface area contributed by atoms with Crippen molar-refractivity contribution in [3.05, 3.63) is 79.3 Å². The van der Waals surface area contributed by atoms with Crippen molar-refractivity contribution in [1.82, 2.24) is 9.55 Å². The lowest BCUT2D eigenvalue weighted by molar-refractivity contribution is 0.0955. The van der Waals surface area contributed by atoms with E-state index in [1.807, 2.05) is 30.3 Å². The summed E-state index contributed by atoms with van der Waals surface area (Å²) in [4.78, 5) is 41.6. The number of amides is 1. The van der Waals surface area contributed by atoms with E-state index in [1.165, 1.54) is 22.6 Å². The van der Waals surface area contributed by atoms with E-state index < -0.39 is 17.2 Å². The predicted molar refractivity (Wildman–Crippen MR) is 116 cm³/mol. The molecular formula is C20H21BrN4O5. The molecule has 0 saturated heterocycles. The topological polar surface area (TPSA) is 124 Å². The average molecular weight is 477 g/mol. The number of halogens is 1. The molecule has 30 heavy (non-hydrogen) atoms. The van der Waals surface area contributed by atoms with E-state index in [0.717, 1.165) is 5.56 Å². The number of carbonyl (C=O) groups is 1. The highest BCUT2D eigenvalue weighted by Gasteiger charge is 2.27. The first-order valence-electron chi connectivity index (χ1n) is 9.15. The third-order valence-electron chi connectivity index (χ3n) is 4.43. The lowest BCUT2D eigenvalue weighted by Crippen LogP contribution is -2.42. The molecule has 1 amide bonds. The van der Waals surface area contributed by atoms with Gasteiger partial charge in [-0.25, -0.2) is 4.79 Å². The highest BCUT2D eigenvalue weighted by Crippen LogP contribution is 2.22. The number of nitrogen functional groups attached to an aromatic ring is 1. The molecule has 3 rings (SSSR count). The van der Waals surface area contributed by atoms with Crippen LogP contribution in [0.15, 0.2) is 61.1 Å². The summed E-state index contributed by atoms with van der Waals surface area (Å²) in [5.74, 6) is -0.637. The molecule has 1 aromatic carbocycles. The van der Waals surface area contributed by atoms with E-state index in [0.29, 0.717) is 17.7 Å². The molecule has 2 aromatic heterocycles. The Morgan fingerprint density at radius 3 is 2.60 bits per heavy atom. The summed E-state index contributed by atoms with van der Waals surface area (Å²) in [6.07, 6.45) is 0.445. The molecule has 0 radical (unpaired) electrons. The molecule has 10 heteroatoms. The molecule has 0 saturated carbocycles. The molecule has 0 aliphatic carbocycles. The Bertz CT molecular complexity index is 1140. The first kappa shape index (κ1) is 21.6. The number of ether oxygens (including phenoxy) is 1. The Kier molecular flexibility index (Phi) is 6.91. The van der Waals surface area contributed by atoms with Crippen LogP contribution in [0.25, 0.3) is 0 Å². The Balaban J connectivity index is 2.07. The molecule has 3 aromatic rings. The number of benzene rings is 1. The summed E-state index contributed by atoms with van der Waals surface area (Å²) in [5, 5.41) is 0. The number of H-pyrrole nitrogens is 1. The van der Waals surface area contributed by atoms with Crippen molar-refractivity contribution in [3.63, 3.8) is 0 Å². The van der Waals surface area contributed by atoms with Crippen LogP contribution >= 0.6 is 15.9 Å². The normalized spacial score (nSPS) is 10.9. The summed E-state index contributed by atoms with van der Waals surface area (Å²) in [7, 11) is 1.54. The molecule has 9 nitrogen and oxygen atoms in total. The minimum atomic E-state index is -0.752. The molecule has 158 valence electrons. The van der Waals surface area contributed by atoms with Crippen LogP contribution < -0.4 is 21.9 Å². The standard InChI is InChI=1S/C20H21BrN4O5/c1-29-11-5-10-24(19(27)14-8-9-15(21)30-14)16-17(22)25(20(28)23-18(16)26)12-13-6-3-2-4-7-13/h2-4,6-9H,5,10-12,22H2,1H3,(H,23,26,28). The fourth-order valence-corrected chi connectivity index (χ4v) is 3.31. The smallest absolute Gasteiger partial charge is 0.330 e. The van der Waals surface area contributed by atoms with Gasteiger partial charge in [-0.2, -0.15) is 0 Å². The Morgan fingerprint density at radius 2 is 1.97 bits per heavy atom. The van der Waals surface area contributed by atoms with Crippen LogP contribution in [0.3, 0.4) is 0 Å². The van der Waals surface area contributed by atoms with E-state index in [9.17, 15) is 14.4 Å². The van der Waals surface area contributed by atoms with Crippen molar-refractivity contribution in [2.45, 2.75) is 13.0 Å². The highest BCUT2D eigenvalue weighted by atomic mass is 79.9. The predicted octanol–water partition coefficient (Wildman–Crippen LogP) is 2.21. The molecule has 0 unspecified atom stereocenters. The fraction of sp³-hybridized carbons (Fsp3) is 0.250. The van der Waals surface area contributed by atoms with Crippen LogP contribution in [0.2, 0.25) is 0 Å². The van der Waals surface area contributed by atoms with Crippen LogP contribution in [0.5, 0.6) is 0 Å². The van der Waals surface area contributed by atoms with E-state index in [2.05, 4.69) is 20.9 Å². The van der Waals surface area contributed by atoms with Gasteiger partial charge in [0.2, 0.25) is 0 Å². The number of rotatable bonds is 8. The van der Waals surface area contributed by atoms with Crippen LogP contribution in [0, 0.1) is 0 Å². The molecule has 0 aliphatic rings. The van der Waals surface area contributed by atoms with Gasteiger partial charge in [0.1, 0.15) is 5.82 Å². The van der Waals surface area contributed by atoms with Crippen molar-refractivity contribution < 1.29 is 13.9 Å². The number of aromatic amines is 1. The van der Waals surface area contributed by atoms with Crippen molar-refractivity contribution >= 4 is 33.3 Å². The summed E-state index contributed by atoms with van der Waals surface area (Å²) in [6.45, 7) is 0.649. The van der Waals surface area contributed by atoms with Gasteiger partial charge in [-0.05, 0) is 40.0 Å². The maximum atomic E-state index is 13.1. The second-order valence-electron chi connectivity index (χ2n) is 6.47. The van der Waals surface area contributed by atoms with Crippen LogP contribution in [-0.4, -0.2) is 35.7 Å². The zero-order valence-electron chi connectivity index (χ0n) is 16.3. The number of anilines is 2. The Labute approximate surface area is 180 Å². The quantitative estimate of drug-likeness (QED) is 0.480. The number of hydrogen-bond donors (Lipinski definition) is 2. The number of furan rings is 1. The second-order valence-corrected chi connectivity index (χ2v) is 7.25. The number of aromatic nitrogens is 2. The van der Waals surface area contributed by atoms with Gasteiger partial charge in [-0.3, -0.25) is 24.0 Å². The van der Waals surface area contributed by atoms with Gasteiger partial charge in [0.25, 0.3) is 11.5 Å². The SMILES string of the molecule is COCCCN(C(=O)c1ccc(Br)o1)c1c(N)n(Cc2ccccc2)c(=O)[nH]c1=O. The van der Waals surface area contributed by atoms with Crippen molar-refractivity contribution in [2.24, 2.45) is 0 Å². The van der Waals surface area contributed by atoms with Gasteiger partial charge < -0.3 is 14.9 Å². The van der Waals surface area contributed by atoms with Crippen molar-refractivity contribution in [1.29, 1.82) is 0 Å². The van der Waals surface area contributed by atoms with E-state index in [1.54, 1.807) is 6.07 Å². The molecule has 3 N–H and O–H groups in total. The second kappa shape index (κ2) is 9.59. The fourth-order valence-electron chi connectivity index (χ4n) is 3.01. The first-order valence-corrected chi connectivity index (χ1v) is 9.94. The number of nitrogens with two attached hydrogens (primary N) is 1. The van der Waals surface area contributed by atoms with Gasteiger partial charge in [-0.15, -0.1) is 0 Å². The van der Waals surface area contributed by atoms with E-state index >= 15 is 0 Å². The average Bonchev–Trinajstić information content (AvgIpc) is 3.16. The third-order valence-corrected chi connectivity index (χ3v) is 4.85. The van der Waals surface area contributed by atoms with E-state index in [4.69, 9.17) is 14.9 Å².